The lowest BCUT2D eigenvalue weighted by Crippen LogP contribution is -2.51. The molecule has 1 aromatic carbocycles. The van der Waals surface area contributed by atoms with Crippen molar-refractivity contribution < 1.29 is 4.79 Å². The fourth-order valence-corrected chi connectivity index (χ4v) is 4.58. The van der Waals surface area contributed by atoms with E-state index in [1.165, 1.54) is 0 Å². The Morgan fingerprint density at radius 3 is 2.26 bits per heavy atom. The highest BCUT2D eigenvalue weighted by molar-refractivity contribution is 5.94. The minimum absolute atomic E-state index is 0.113. The van der Waals surface area contributed by atoms with Crippen molar-refractivity contribution in [2.24, 2.45) is 0 Å². The summed E-state index contributed by atoms with van der Waals surface area (Å²) in [7, 11) is 5.96. The summed E-state index contributed by atoms with van der Waals surface area (Å²) >= 11 is 0. The van der Waals surface area contributed by atoms with E-state index in [-0.39, 0.29) is 11.9 Å². The Bertz CT molecular complexity index is 795. The van der Waals surface area contributed by atoms with Crippen molar-refractivity contribution in [1.29, 1.82) is 0 Å². The normalized spacial score (nSPS) is 24.0. The van der Waals surface area contributed by atoms with Crippen molar-refractivity contribution in [3.63, 3.8) is 0 Å². The topological polar surface area (TPSA) is 52.6 Å². The molecule has 1 amide bonds. The second kappa shape index (κ2) is 7.18. The van der Waals surface area contributed by atoms with Gasteiger partial charge in [-0.2, -0.15) is 0 Å². The van der Waals surface area contributed by atoms with Gasteiger partial charge in [0.2, 0.25) is 0 Å². The summed E-state index contributed by atoms with van der Waals surface area (Å²) in [4.78, 5) is 28.5. The third kappa shape index (κ3) is 3.24. The van der Waals surface area contributed by atoms with Crippen LogP contribution in [0, 0.1) is 0 Å². The average molecular weight is 365 g/mol. The fourth-order valence-electron chi connectivity index (χ4n) is 4.58. The summed E-state index contributed by atoms with van der Waals surface area (Å²) in [6, 6.07) is 10.7. The Morgan fingerprint density at radius 1 is 1.00 bits per heavy atom. The molecule has 2 bridgehead atoms. The number of anilines is 2. The Labute approximate surface area is 160 Å². The van der Waals surface area contributed by atoms with Crippen LogP contribution in [0.4, 0.5) is 11.6 Å². The molecule has 2 aliphatic rings. The van der Waals surface area contributed by atoms with Crippen molar-refractivity contribution in [3.8, 4) is 0 Å². The fraction of sp³-hybridized carbons (Fsp3) is 0.476. The van der Waals surface area contributed by atoms with Crippen molar-refractivity contribution in [2.45, 2.75) is 43.8 Å². The van der Waals surface area contributed by atoms with E-state index in [1.807, 2.05) is 61.3 Å². The highest BCUT2D eigenvalue weighted by Gasteiger charge is 2.44. The third-order valence-corrected chi connectivity index (χ3v) is 5.93. The second-order valence-corrected chi connectivity index (χ2v) is 7.80. The molecule has 2 unspecified atom stereocenters. The van der Waals surface area contributed by atoms with Gasteiger partial charge in [-0.15, -0.1) is 0 Å². The summed E-state index contributed by atoms with van der Waals surface area (Å²) in [6.07, 6.45) is 7.79. The molecule has 6 nitrogen and oxygen atoms in total. The van der Waals surface area contributed by atoms with Gasteiger partial charge in [-0.1, -0.05) is 18.2 Å². The number of carbonyl (C=O) groups excluding carboxylic acids is 1. The monoisotopic (exact) mass is 365 g/mol. The summed E-state index contributed by atoms with van der Waals surface area (Å²) < 4.78 is 0. The van der Waals surface area contributed by atoms with E-state index in [1.54, 1.807) is 12.4 Å². The molecule has 0 radical (unpaired) electrons. The van der Waals surface area contributed by atoms with E-state index in [4.69, 9.17) is 0 Å². The number of piperidine rings is 1. The van der Waals surface area contributed by atoms with Crippen molar-refractivity contribution in [3.05, 3.63) is 48.3 Å². The van der Waals surface area contributed by atoms with Crippen LogP contribution in [0.25, 0.3) is 0 Å². The molecule has 0 spiro atoms. The number of carbonyl (C=O) groups is 1. The summed E-state index contributed by atoms with van der Waals surface area (Å²) in [5.41, 5.74) is 0.763. The number of hydrogen-bond acceptors (Lipinski definition) is 5. The van der Waals surface area contributed by atoms with E-state index in [9.17, 15) is 4.79 Å². The third-order valence-electron chi connectivity index (χ3n) is 5.93. The predicted octanol–water partition coefficient (Wildman–Crippen LogP) is 2.81. The van der Waals surface area contributed by atoms with Crippen LogP contribution in [0.1, 0.15) is 36.0 Å². The van der Waals surface area contributed by atoms with Gasteiger partial charge in [-0.25, -0.2) is 9.97 Å². The van der Waals surface area contributed by atoms with Crippen LogP contribution in [0.5, 0.6) is 0 Å². The molecule has 0 aliphatic carbocycles. The smallest absolute Gasteiger partial charge is 0.253 e. The highest BCUT2D eigenvalue weighted by atomic mass is 16.2. The summed E-state index contributed by atoms with van der Waals surface area (Å²) in [5, 5.41) is 0. The van der Waals surface area contributed by atoms with E-state index in [2.05, 4.69) is 14.9 Å². The first-order valence-electron chi connectivity index (χ1n) is 9.65. The first-order valence-corrected chi connectivity index (χ1v) is 9.65. The van der Waals surface area contributed by atoms with Gasteiger partial charge in [-0.05, 0) is 37.8 Å². The van der Waals surface area contributed by atoms with Crippen LogP contribution in [0.3, 0.4) is 0 Å². The van der Waals surface area contributed by atoms with Crippen LogP contribution in [-0.4, -0.2) is 60.0 Å². The average Bonchev–Trinajstić information content (AvgIpc) is 2.96. The number of amides is 1. The first kappa shape index (κ1) is 17.8. The molecule has 0 saturated carbocycles. The minimum Gasteiger partial charge on any atom is -0.360 e. The number of hydrogen-bond donors (Lipinski definition) is 0. The molecule has 27 heavy (non-hydrogen) atoms. The van der Waals surface area contributed by atoms with Gasteiger partial charge in [0.15, 0.2) is 11.6 Å². The number of aromatic nitrogens is 2. The van der Waals surface area contributed by atoms with Crippen LogP contribution < -0.4 is 9.80 Å². The van der Waals surface area contributed by atoms with Gasteiger partial charge in [0, 0.05) is 57.2 Å². The lowest BCUT2D eigenvalue weighted by Gasteiger charge is -2.43. The molecule has 2 aliphatic heterocycles. The molecular weight excluding hydrogens is 338 g/mol. The Kier molecular flexibility index (Phi) is 4.72. The van der Waals surface area contributed by atoms with Gasteiger partial charge in [-0.3, -0.25) is 4.79 Å². The largest absolute Gasteiger partial charge is 0.360 e. The molecule has 2 saturated heterocycles. The zero-order chi connectivity index (χ0) is 19.0. The van der Waals surface area contributed by atoms with Gasteiger partial charge in [0.05, 0.1) is 0 Å². The molecular formula is C21H27N5O. The quantitative estimate of drug-likeness (QED) is 0.834. The second-order valence-electron chi connectivity index (χ2n) is 7.80. The summed E-state index contributed by atoms with van der Waals surface area (Å²) in [6.45, 7) is 0. The van der Waals surface area contributed by atoms with Gasteiger partial charge in [0.25, 0.3) is 5.91 Å². The lowest BCUT2D eigenvalue weighted by molar-refractivity contribution is 0.0693. The Balaban J connectivity index is 1.54. The van der Waals surface area contributed by atoms with Crippen LogP contribution in [0.15, 0.2) is 42.7 Å². The SMILES string of the molecule is CN(C)c1nccnc1N1C2CCC1CC(N(C)C(=O)c1ccccc1)C2. The standard InChI is InChI=1S/C21H27N5O/c1-24(2)19-20(23-12-11-22-19)26-16-9-10-17(26)14-18(13-16)25(3)21(27)15-7-5-4-6-8-15/h4-8,11-12,16-18H,9-10,13-14H2,1-3H3. The maximum atomic E-state index is 12.9. The van der Waals surface area contributed by atoms with Crippen LogP contribution in [0.2, 0.25) is 0 Å². The van der Waals surface area contributed by atoms with Gasteiger partial charge in [0.1, 0.15) is 0 Å². The van der Waals surface area contributed by atoms with E-state index in [0.717, 1.165) is 42.9 Å². The maximum absolute atomic E-state index is 12.9. The first-order chi connectivity index (χ1) is 13.1. The summed E-state index contributed by atoms with van der Waals surface area (Å²) in [5.74, 6) is 2.01. The van der Waals surface area contributed by atoms with Gasteiger partial charge < -0.3 is 14.7 Å². The van der Waals surface area contributed by atoms with E-state index < -0.39 is 0 Å². The van der Waals surface area contributed by atoms with Crippen LogP contribution in [-0.2, 0) is 0 Å². The predicted molar refractivity (Wildman–Crippen MR) is 107 cm³/mol. The molecule has 3 heterocycles. The molecule has 2 atom stereocenters. The molecule has 4 rings (SSSR count). The maximum Gasteiger partial charge on any atom is 0.253 e. The van der Waals surface area contributed by atoms with Crippen molar-refractivity contribution in [2.75, 3.05) is 30.9 Å². The Hall–Kier alpha value is -2.63. The van der Waals surface area contributed by atoms with Crippen molar-refractivity contribution >= 4 is 17.5 Å². The zero-order valence-corrected chi connectivity index (χ0v) is 16.2. The highest BCUT2D eigenvalue weighted by Crippen LogP contribution is 2.42. The van der Waals surface area contributed by atoms with Gasteiger partial charge >= 0.3 is 0 Å². The number of benzene rings is 1. The molecule has 6 heteroatoms. The Morgan fingerprint density at radius 2 is 1.63 bits per heavy atom. The van der Waals surface area contributed by atoms with E-state index in [0.29, 0.717) is 12.1 Å². The number of nitrogens with zero attached hydrogens (tertiary/aromatic N) is 5. The molecule has 142 valence electrons. The van der Waals surface area contributed by atoms with Crippen molar-refractivity contribution in [1.82, 2.24) is 14.9 Å². The van der Waals surface area contributed by atoms with E-state index >= 15 is 0 Å². The zero-order valence-electron chi connectivity index (χ0n) is 16.2. The molecule has 0 N–H and O–H groups in total. The number of fused-ring (bicyclic) bond motifs is 2. The molecule has 1 aromatic heterocycles. The molecule has 2 fully saturated rings. The number of rotatable bonds is 4. The lowest BCUT2D eigenvalue weighted by atomic mass is 9.95. The minimum atomic E-state index is 0.113. The van der Waals surface area contributed by atoms with Crippen LogP contribution >= 0.6 is 0 Å². The molecule has 2 aromatic rings.